The standard InChI is InChI=1S/C48H32S2/c1-3-13-31-14-5-6-15-36(31)35(4-2)32-22-25-37(34-24-27-47-48(30-34)50-46-21-12-11-20-45(46)49-47)43(28-32)33-23-26-42-40-18-8-7-16-38(40)39-17-9-10-19-41(39)44(42)29-33/h3,5-30H,2H2,1H3/b13-3-. The van der Waals surface area contributed by atoms with Crippen LogP contribution in [0.4, 0.5) is 0 Å². The molecule has 0 amide bonds. The minimum Gasteiger partial charge on any atom is -0.119 e. The minimum absolute atomic E-state index is 0.998. The van der Waals surface area contributed by atoms with Gasteiger partial charge in [0.05, 0.1) is 0 Å². The minimum atomic E-state index is 0.998. The molecule has 8 aromatic carbocycles. The first-order valence-corrected chi connectivity index (χ1v) is 18.5. The average Bonchev–Trinajstić information content (AvgIpc) is 3.18. The predicted octanol–water partition coefficient (Wildman–Crippen LogP) is 14.3. The molecule has 0 aliphatic carbocycles. The van der Waals surface area contributed by atoms with E-state index in [1.54, 1.807) is 0 Å². The molecule has 0 bridgehead atoms. The van der Waals surface area contributed by atoms with Gasteiger partial charge in [0.25, 0.3) is 0 Å². The van der Waals surface area contributed by atoms with E-state index in [9.17, 15) is 0 Å². The molecule has 1 heterocycles. The predicted molar refractivity (Wildman–Crippen MR) is 217 cm³/mol. The lowest BCUT2D eigenvalue weighted by Crippen LogP contribution is -1.95. The fourth-order valence-corrected chi connectivity index (χ4v) is 9.62. The molecule has 2 heteroatoms. The fraction of sp³-hybridized carbons (Fsp3) is 0.0208. The zero-order valence-electron chi connectivity index (χ0n) is 27.6. The molecular formula is C48H32S2. The van der Waals surface area contributed by atoms with Crippen molar-refractivity contribution in [3.05, 3.63) is 187 Å². The van der Waals surface area contributed by atoms with E-state index in [2.05, 4.69) is 183 Å². The normalized spacial score (nSPS) is 12.3. The highest BCUT2D eigenvalue weighted by atomic mass is 32.2. The molecule has 0 unspecified atom stereocenters. The molecule has 9 rings (SSSR count). The third kappa shape index (κ3) is 5.21. The Labute approximate surface area is 301 Å². The first-order valence-electron chi connectivity index (χ1n) is 16.9. The van der Waals surface area contributed by atoms with Crippen molar-refractivity contribution in [3.8, 4) is 22.3 Å². The van der Waals surface area contributed by atoms with Crippen LogP contribution in [0.2, 0.25) is 0 Å². The van der Waals surface area contributed by atoms with E-state index < -0.39 is 0 Å². The van der Waals surface area contributed by atoms with Crippen molar-refractivity contribution in [1.29, 1.82) is 0 Å². The first kappa shape index (κ1) is 30.6. The van der Waals surface area contributed by atoms with Gasteiger partial charge in [0, 0.05) is 25.2 Å². The molecule has 8 aromatic rings. The summed E-state index contributed by atoms with van der Waals surface area (Å²) in [7, 11) is 0. The number of hydrogen-bond donors (Lipinski definition) is 0. The molecule has 0 fully saturated rings. The average molecular weight is 673 g/mol. The molecule has 1 aliphatic heterocycles. The van der Waals surface area contributed by atoms with Gasteiger partial charge >= 0.3 is 0 Å². The third-order valence-electron chi connectivity index (χ3n) is 9.66. The van der Waals surface area contributed by atoms with Crippen molar-refractivity contribution >= 4 is 67.5 Å². The van der Waals surface area contributed by atoms with E-state index >= 15 is 0 Å². The Morgan fingerprint density at radius 1 is 0.500 bits per heavy atom. The fourth-order valence-electron chi connectivity index (χ4n) is 7.36. The van der Waals surface area contributed by atoms with E-state index in [0.29, 0.717) is 0 Å². The summed E-state index contributed by atoms with van der Waals surface area (Å²) in [5.74, 6) is 0. The zero-order valence-corrected chi connectivity index (χ0v) is 29.2. The van der Waals surface area contributed by atoms with Crippen molar-refractivity contribution < 1.29 is 0 Å². The number of fused-ring (bicyclic) bond motifs is 8. The Balaban J connectivity index is 1.27. The summed E-state index contributed by atoms with van der Waals surface area (Å²) in [4.78, 5) is 5.23. The van der Waals surface area contributed by atoms with Crippen LogP contribution in [0.5, 0.6) is 0 Å². The molecule has 0 nitrogen and oxygen atoms in total. The topological polar surface area (TPSA) is 0 Å². The molecule has 0 saturated carbocycles. The third-order valence-corrected chi connectivity index (χ3v) is 12.2. The van der Waals surface area contributed by atoms with Gasteiger partial charge in [-0.3, -0.25) is 0 Å². The maximum absolute atomic E-state index is 4.18. The van der Waals surface area contributed by atoms with E-state index in [1.807, 2.05) is 23.5 Å². The SMILES string of the molecule is C=C=C(c1ccc(-c2ccc3c(c2)Sc2ccccc2S3)c(-c2ccc3c4ccccc4c4ccccc4c3c2)c1)c1ccccc1/C=C\C. The summed E-state index contributed by atoms with van der Waals surface area (Å²) < 4.78 is 0. The Bertz CT molecular complexity index is 2690. The van der Waals surface area contributed by atoms with Gasteiger partial charge in [-0.2, -0.15) is 0 Å². The van der Waals surface area contributed by atoms with Crippen LogP contribution in [-0.4, -0.2) is 0 Å². The molecular weight excluding hydrogens is 641 g/mol. The Kier molecular flexibility index (Phi) is 7.79. The number of hydrogen-bond acceptors (Lipinski definition) is 2. The van der Waals surface area contributed by atoms with Gasteiger partial charge < -0.3 is 0 Å². The molecule has 0 radical (unpaired) electrons. The van der Waals surface area contributed by atoms with Gasteiger partial charge in [-0.25, -0.2) is 0 Å². The van der Waals surface area contributed by atoms with E-state index in [0.717, 1.165) is 22.3 Å². The quantitative estimate of drug-likeness (QED) is 0.132. The molecule has 50 heavy (non-hydrogen) atoms. The van der Waals surface area contributed by atoms with Crippen LogP contribution >= 0.6 is 23.5 Å². The maximum Gasteiger partial charge on any atom is 0.0309 e. The molecule has 0 aromatic heterocycles. The van der Waals surface area contributed by atoms with Crippen LogP contribution in [0.15, 0.2) is 190 Å². The molecule has 236 valence electrons. The van der Waals surface area contributed by atoms with Gasteiger partial charge in [-0.1, -0.05) is 158 Å². The van der Waals surface area contributed by atoms with Crippen LogP contribution in [-0.2, 0) is 0 Å². The van der Waals surface area contributed by atoms with Gasteiger partial charge in [0.1, 0.15) is 0 Å². The van der Waals surface area contributed by atoms with Crippen LogP contribution in [0.3, 0.4) is 0 Å². The van der Waals surface area contributed by atoms with Gasteiger partial charge in [0.15, 0.2) is 0 Å². The van der Waals surface area contributed by atoms with Crippen LogP contribution in [0.25, 0.3) is 66.2 Å². The van der Waals surface area contributed by atoms with Crippen LogP contribution < -0.4 is 0 Å². The smallest absolute Gasteiger partial charge is 0.0309 e. The highest BCUT2D eigenvalue weighted by Gasteiger charge is 2.20. The van der Waals surface area contributed by atoms with E-state index in [1.165, 1.54) is 74.2 Å². The second-order valence-corrected chi connectivity index (χ2v) is 14.7. The van der Waals surface area contributed by atoms with Gasteiger partial charge in [0.2, 0.25) is 0 Å². The lowest BCUT2D eigenvalue weighted by Gasteiger charge is -2.20. The number of benzene rings is 8. The maximum atomic E-state index is 4.18. The summed E-state index contributed by atoms with van der Waals surface area (Å²) in [5, 5.41) is 7.66. The molecule has 0 N–H and O–H groups in total. The lowest BCUT2D eigenvalue weighted by molar-refractivity contribution is 1.16. The monoisotopic (exact) mass is 672 g/mol. The summed E-state index contributed by atoms with van der Waals surface area (Å²) in [5.41, 5.74) is 12.5. The molecule has 1 aliphatic rings. The summed E-state index contributed by atoms with van der Waals surface area (Å²) in [6.07, 6.45) is 4.24. The van der Waals surface area contributed by atoms with E-state index in [4.69, 9.17) is 0 Å². The largest absolute Gasteiger partial charge is 0.119 e. The number of allylic oxidation sites excluding steroid dienone is 1. The first-order chi connectivity index (χ1) is 24.7. The van der Waals surface area contributed by atoms with E-state index in [-0.39, 0.29) is 0 Å². The van der Waals surface area contributed by atoms with Crippen molar-refractivity contribution in [2.45, 2.75) is 26.5 Å². The summed E-state index contributed by atoms with van der Waals surface area (Å²) in [6, 6.07) is 55.6. The zero-order chi connectivity index (χ0) is 33.6. The summed E-state index contributed by atoms with van der Waals surface area (Å²) >= 11 is 3.72. The molecule has 0 atom stereocenters. The molecule has 0 saturated heterocycles. The van der Waals surface area contributed by atoms with Crippen molar-refractivity contribution in [2.24, 2.45) is 0 Å². The second-order valence-electron chi connectivity index (χ2n) is 12.6. The highest BCUT2D eigenvalue weighted by molar-refractivity contribution is 8.05. The Hall–Kier alpha value is -5.50. The van der Waals surface area contributed by atoms with Crippen molar-refractivity contribution in [1.82, 2.24) is 0 Å². The number of rotatable bonds is 5. The Morgan fingerprint density at radius 2 is 1.06 bits per heavy atom. The lowest BCUT2D eigenvalue weighted by atomic mass is 9.87. The van der Waals surface area contributed by atoms with Crippen molar-refractivity contribution in [3.63, 3.8) is 0 Å². The van der Waals surface area contributed by atoms with Crippen LogP contribution in [0, 0.1) is 0 Å². The highest BCUT2D eigenvalue weighted by Crippen LogP contribution is 2.50. The molecule has 0 spiro atoms. The second kappa shape index (κ2) is 12.8. The Morgan fingerprint density at radius 3 is 1.76 bits per heavy atom. The van der Waals surface area contributed by atoms with Crippen LogP contribution in [0.1, 0.15) is 23.6 Å². The summed E-state index contributed by atoms with van der Waals surface area (Å²) in [6.45, 7) is 6.23. The van der Waals surface area contributed by atoms with Crippen molar-refractivity contribution in [2.75, 3.05) is 0 Å². The van der Waals surface area contributed by atoms with Gasteiger partial charge in [-0.05, 0) is 115 Å². The van der Waals surface area contributed by atoms with Gasteiger partial charge in [-0.15, -0.1) is 5.73 Å².